The zero-order chi connectivity index (χ0) is 9.38. The first-order chi connectivity index (χ1) is 6.93. The van der Waals surface area contributed by atoms with Crippen LogP contribution in [0.15, 0.2) is 47.0 Å². The highest BCUT2D eigenvalue weighted by molar-refractivity contribution is 5.34. The van der Waals surface area contributed by atoms with E-state index in [9.17, 15) is 0 Å². The van der Waals surface area contributed by atoms with Crippen molar-refractivity contribution in [1.82, 2.24) is 0 Å². The van der Waals surface area contributed by atoms with E-state index in [0.29, 0.717) is 0 Å². The zero-order valence-corrected chi connectivity index (χ0v) is 8.25. The van der Waals surface area contributed by atoms with Crippen LogP contribution in [0.5, 0.6) is 0 Å². The molecule has 0 aromatic heterocycles. The van der Waals surface area contributed by atoms with Gasteiger partial charge in [-0.05, 0) is 30.4 Å². The number of ether oxygens (including phenoxy) is 1. The molecule has 0 fully saturated rings. The molecular formula is C13H14O. The number of hydrogen-bond donors (Lipinski definition) is 0. The van der Waals surface area contributed by atoms with Crippen LogP contribution in [-0.2, 0) is 4.74 Å². The molecule has 1 aliphatic heterocycles. The van der Waals surface area contributed by atoms with Crippen LogP contribution >= 0.6 is 0 Å². The average Bonchev–Trinajstić information content (AvgIpc) is 2.26. The Balaban J connectivity index is 1.86. The molecule has 2 aliphatic carbocycles. The van der Waals surface area contributed by atoms with Gasteiger partial charge in [-0.25, -0.2) is 0 Å². The van der Waals surface area contributed by atoms with Crippen molar-refractivity contribution in [2.45, 2.75) is 32.1 Å². The normalized spacial score (nSPS) is 24.6. The Morgan fingerprint density at radius 3 is 1.79 bits per heavy atom. The highest BCUT2D eigenvalue weighted by Crippen LogP contribution is 2.38. The molecule has 0 N–H and O–H groups in total. The summed E-state index contributed by atoms with van der Waals surface area (Å²) in [6, 6.07) is 0. The van der Waals surface area contributed by atoms with Gasteiger partial charge in [0.1, 0.15) is 11.5 Å². The molecule has 3 rings (SSSR count). The van der Waals surface area contributed by atoms with E-state index < -0.39 is 0 Å². The molecule has 0 aromatic carbocycles. The van der Waals surface area contributed by atoms with Crippen LogP contribution in [-0.4, -0.2) is 0 Å². The summed E-state index contributed by atoms with van der Waals surface area (Å²) in [6.45, 7) is 0. The molecular weight excluding hydrogens is 172 g/mol. The minimum absolute atomic E-state index is 0.996. The summed E-state index contributed by atoms with van der Waals surface area (Å²) in [7, 11) is 0. The fraction of sp³-hybridized carbons (Fsp3) is 0.385. The largest absolute Gasteiger partial charge is 0.465 e. The zero-order valence-electron chi connectivity index (χ0n) is 8.25. The fourth-order valence-electron chi connectivity index (χ4n) is 2.32. The van der Waals surface area contributed by atoms with E-state index in [1.165, 1.54) is 22.7 Å². The van der Waals surface area contributed by atoms with Gasteiger partial charge in [0.15, 0.2) is 0 Å². The van der Waals surface area contributed by atoms with Crippen LogP contribution in [0.3, 0.4) is 0 Å². The third-order valence-corrected chi connectivity index (χ3v) is 3.13. The van der Waals surface area contributed by atoms with Gasteiger partial charge in [-0.1, -0.05) is 24.3 Å². The molecule has 14 heavy (non-hydrogen) atoms. The van der Waals surface area contributed by atoms with Crippen LogP contribution < -0.4 is 0 Å². The summed E-state index contributed by atoms with van der Waals surface area (Å²) in [5.74, 6) is 2.45. The van der Waals surface area contributed by atoms with E-state index in [1.807, 2.05) is 0 Å². The minimum Gasteiger partial charge on any atom is -0.465 e. The standard InChI is InChI=1S/C13H14O/c1-3-7-12-10(5-1)9-11-6-2-4-8-13(11)14-12/h1-4H,5-9H2. The molecule has 1 heteroatoms. The van der Waals surface area contributed by atoms with Crippen molar-refractivity contribution in [2.24, 2.45) is 0 Å². The molecule has 72 valence electrons. The first-order valence-electron chi connectivity index (χ1n) is 5.33. The molecule has 0 spiro atoms. The van der Waals surface area contributed by atoms with Crippen molar-refractivity contribution >= 4 is 0 Å². The van der Waals surface area contributed by atoms with E-state index in [2.05, 4.69) is 24.3 Å². The Morgan fingerprint density at radius 2 is 1.21 bits per heavy atom. The smallest absolute Gasteiger partial charge is 0.107 e. The Morgan fingerprint density at radius 1 is 0.714 bits per heavy atom. The molecule has 3 aliphatic rings. The maximum atomic E-state index is 5.95. The SMILES string of the molecule is C1=CCC2=C(C1)CC1=C(CC=CC1)O2. The van der Waals surface area contributed by atoms with Crippen molar-refractivity contribution in [2.75, 3.05) is 0 Å². The van der Waals surface area contributed by atoms with Crippen molar-refractivity contribution in [3.05, 3.63) is 47.0 Å². The highest BCUT2D eigenvalue weighted by atomic mass is 16.5. The maximum absolute atomic E-state index is 5.95. The third-order valence-electron chi connectivity index (χ3n) is 3.13. The van der Waals surface area contributed by atoms with Crippen LogP contribution in [0.4, 0.5) is 0 Å². The molecule has 0 aromatic rings. The van der Waals surface area contributed by atoms with Gasteiger partial charge >= 0.3 is 0 Å². The molecule has 0 atom stereocenters. The lowest BCUT2D eigenvalue weighted by Crippen LogP contribution is -2.11. The van der Waals surface area contributed by atoms with E-state index in [4.69, 9.17) is 4.74 Å². The molecule has 0 saturated heterocycles. The van der Waals surface area contributed by atoms with E-state index in [0.717, 1.165) is 32.1 Å². The molecule has 0 saturated carbocycles. The van der Waals surface area contributed by atoms with Gasteiger partial charge in [0.25, 0.3) is 0 Å². The predicted molar refractivity (Wildman–Crippen MR) is 56.5 cm³/mol. The average molecular weight is 186 g/mol. The van der Waals surface area contributed by atoms with Crippen LogP contribution in [0.25, 0.3) is 0 Å². The lowest BCUT2D eigenvalue weighted by Gasteiger charge is -2.28. The molecule has 0 radical (unpaired) electrons. The van der Waals surface area contributed by atoms with Gasteiger partial charge in [-0.2, -0.15) is 0 Å². The number of rotatable bonds is 0. The van der Waals surface area contributed by atoms with Crippen molar-refractivity contribution in [1.29, 1.82) is 0 Å². The highest BCUT2D eigenvalue weighted by Gasteiger charge is 2.22. The maximum Gasteiger partial charge on any atom is 0.107 e. The second-order valence-electron chi connectivity index (χ2n) is 4.09. The van der Waals surface area contributed by atoms with Gasteiger partial charge < -0.3 is 4.74 Å². The second kappa shape index (κ2) is 3.16. The van der Waals surface area contributed by atoms with E-state index in [1.54, 1.807) is 0 Å². The summed E-state index contributed by atoms with van der Waals surface area (Å²) >= 11 is 0. The van der Waals surface area contributed by atoms with Gasteiger partial charge in [0, 0.05) is 12.8 Å². The van der Waals surface area contributed by atoms with Crippen LogP contribution in [0.1, 0.15) is 32.1 Å². The molecule has 0 unspecified atom stereocenters. The van der Waals surface area contributed by atoms with Gasteiger partial charge in [-0.3, -0.25) is 0 Å². The fourth-order valence-corrected chi connectivity index (χ4v) is 2.32. The topological polar surface area (TPSA) is 9.23 Å². The summed E-state index contributed by atoms with van der Waals surface area (Å²) in [5.41, 5.74) is 3.00. The van der Waals surface area contributed by atoms with Crippen molar-refractivity contribution < 1.29 is 4.74 Å². The summed E-state index contributed by atoms with van der Waals surface area (Å²) in [5, 5.41) is 0. The monoisotopic (exact) mass is 186 g/mol. The first-order valence-corrected chi connectivity index (χ1v) is 5.33. The lowest BCUT2D eigenvalue weighted by atomic mass is 9.90. The van der Waals surface area contributed by atoms with Crippen molar-refractivity contribution in [3.8, 4) is 0 Å². The van der Waals surface area contributed by atoms with Crippen LogP contribution in [0, 0.1) is 0 Å². The van der Waals surface area contributed by atoms with E-state index in [-0.39, 0.29) is 0 Å². The predicted octanol–water partition coefficient (Wildman–Crippen LogP) is 3.61. The van der Waals surface area contributed by atoms with Gasteiger partial charge in [-0.15, -0.1) is 0 Å². The second-order valence-corrected chi connectivity index (χ2v) is 4.09. The Hall–Kier alpha value is -1.24. The Labute approximate surface area is 84.5 Å². The summed E-state index contributed by atoms with van der Waals surface area (Å²) in [4.78, 5) is 0. The Kier molecular flexibility index (Phi) is 1.83. The molecule has 1 nitrogen and oxygen atoms in total. The minimum atomic E-state index is 0.996. The third kappa shape index (κ3) is 1.24. The molecule has 1 heterocycles. The number of allylic oxidation sites excluding steroid dienone is 6. The molecule has 0 bridgehead atoms. The molecule has 0 amide bonds. The van der Waals surface area contributed by atoms with Crippen molar-refractivity contribution in [3.63, 3.8) is 0 Å². The van der Waals surface area contributed by atoms with Gasteiger partial charge in [0.05, 0.1) is 0 Å². The lowest BCUT2D eigenvalue weighted by molar-refractivity contribution is 0.265. The quantitative estimate of drug-likeness (QED) is 0.525. The number of hydrogen-bond acceptors (Lipinski definition) is 1. The Bertz CT molecular complexity index is 310. The van der Waals surface area contributed by atoms with Crippen LogP contribution in [0.2, 0.25) is 0 Å². The summed E-state index contributed by atoms with van der Waals surface area (Å²) < 4.78 is 5.95. The van der Waals surface area contributed by atoms with Gasteiger partial charge in [0.2, 0.25) is 0 Å². The first kappa shape index (κ1) is 8.10. The van der Waals surface area contributed by atoms with E-state index >= 15 is 0 Å². The summed E-state index contributed by atoms with van der Waals surface area (Å²) in [6.07, 6.45) is 14.3.